The van der Waals surface area contributed by atoms with Crippen molar-refractivity contribution in [2.75, 3.05) is 31.6 Å². The van der Waals surface area contributed by atoms with Crippen LogP contribution in [0.25, 0.3) is 0 Å². The van der Waals surface area contributed by atoms with Crippen LogP contribution in [0.4, 0.5) is 10.5 Å². The minimum atomic E-state index is -0.139. The van der Waals surface area contributed by atoms with Crippen molar-refractivity contribution in [3.05, 3.63) is 23.2 Å². The average Bonchev–Trinajstić information content (AvgIpc) is 2.42. The molecule has 1 saturated heterocycles. The third-order valence-corrected chi connectivity index (χ3v) is 3.31. The van der Waals surface area contributed by atoms with Gasteiger partial charge in [-0.05, 0) is 32.0 Å². The Bertz CT molecular complexity index is 481. The largest absolute Gasteiger partial charge is 0.492 e. The molecule has 1 aromatic rings. The highest BCUT2D eigenvalue weighted by molar-refractivity contribution is 6.32. The summed E-state index contributed by atoms with van der Waals surface area (Å²) in [7, 11) is 0. The number of rotatable bonds is 3. The van der Waals surface area contributed by atoms with Crippen LogP contribution < -0.4 is 10.1 Å². The normalized spacial score (nSPS) is 18.8. The molecule has 2 rings (SSSR count). The monoisotopic (exact) mass is 298 g/mol. The zero-order chi connectivity index (χ0) is 14.5. The summed E-state index contributed by atoms with van der Waals surface area (Å²) in [4.78, 5) is 13.9. The van der Waals surface area contributed by atoms with Gasteiger partial charge < -0.3 is 19.7 Å². The molecule has 1 aliphatic heterocycles. The van der Waals surface area contributed by atoms with Crippen LogP contribution in [-0.2, 0) is 4.74 Å². The number of carbonyl (C=O) groups excluding carboxylic acids is 1. The van der Waals surface area contributed by atoms with E-state index in [1.807, 2.05) is 13.8 Å². The van der Waals surface area contributed by atoms with Crippen molar-refractivity contribution < 1.29 is 14.3 Å². The zero-order valence-electron chi connectivity index (χ0n) is 11.7. The summed E-state index contributed by atoms with van der Waals surface area (Å²) in [5.41, 5.74) is 0.655. The van der Waals surface area contributed by atoms with E-state index in [9.17, 15) is 4.79 Å². The Balaban J connectivity index is 1.98. The van der Waals surface area contributed by atoms with Crippen LogP contribution in [0.15, 0.2) is 18.2 Å². The highest BCUT2D eigenvalue weighted by Crippen LogP contribution is 2.27. The highest BCUT2D eigenvalue weighted by Gasteiger charge is 2.21. The van der Waals surface area contributed by atoms with E-state index in [0.29, 0.717) is 42.8 Å². The van der Waals surface area contributed by atoms with Crippen LogP contribution in [0.3, 0.4) is 0 Å². The van der Waals surface area contributed by atoms with Crippen LogP contribution in [0.1, 0.15) is 13.8 Å². The lowest BCUT2D eigenvalue weighted by Gasteiger charge is -2.31. The number of nitrogens with zero attached hydrogens (tertiary/aromatic N) is 1. The predicted octanol–water partition coefficient (Wildman–Crippen LogP) is 2.99. The van der Waals surface area contributed by atoms with Gasteiger partial charge in [0.1, 0.15) is 5.75 Å². The minimum absolute atomic E-state index is 0.0680. The van der Waals surface area contributed by atoms with Crippen LogP contribution in [0, 0.1) is 0 Å². The van der Waals surface area contributed by atoms with Gasteiger partial charge in [-0.2, -0.15) is 0 Å². The molecule has 0 spiro atoms. The smallest absolute Gasteiger partial charge is 0.322 e. The molecule has 0 aliphatic carbocycles. The van der Waals surface area contributed by atoms with Gasteiger partial charge in [-0.15, -0.1) is 0 Å². The lowest BCUT2D eigenvalue weighted by atomic mass is 10.3. The number of nitrogens with one attached hydrogen (secondary N) is 1. The Hall–Kier alpha value is -1.46. The molecule has 5 nitrogen and oxygen atoms in total. The third kappa shape index (κ3) is 3.77. The maximum atomic E-state index is 12.1. The SMILES string of the molecule is CCOc1ccc(NC(=O)N2CCOC(C)C2)cc1Cl. The van der Waals surface area contributed by atoms with Crippen LogP contribution in [0.2, 0.25) is 5.02 Å². The summed E-state index contributed by atoms with van der Waals surface area (Å²) < 4.78 is 10.8. The van der Waals surface area contributed by atoms with E-state index in [2.05, 4.69) is 5.32 Å². The van der Waals surface area contributed by atoms with E-state index < -0.39 is 0 Å². The number of hydrogen-bond donors (Lipinski definition) is 1. The summed E-state index contributed by atoms with van der Waals surface area (Å²) in [5, 5.41) is 3.32. The first kappa shape index (κ1) is 14.9. The van der Waals surface area contributed by atoms with Gasteiger partial charge in [0, 0.05) is 18.8 Å². The Morgan fingerprint density at radius 3 is 3.05 bits per heavy atom. The number of amides is 2. The molecule has 0 radical (unpaired) electrons. The Kier molecular flexibility index (Phi) is 5.09. The molecule has 1 unspecified atom stereocenters. The van der Waals surface area contributed by atoms with Crippen molar-refractivity contribution in [2.45, 2.75) is 20.0 Å². The summed E-state index contributed by atoms with van der Waals surface area (Å²) in [6, 6.07) is 5.08. The van der Waals surface area contributed by atoms with Crippen LogP contribution in [-0.4, -0.2) is 43.3 Å². The fourth-order valence-electron chi connectivity index (χ4n) is 2.06. The van der Waals surface area contributed by atoms with Crippen molar-refractivity contribution >= 4 is 23.3 Å². The van der Waals surface area contributed by atoms with Gasteiger partial charge in [-0.3, -0.25) is 0 Å². The molecule has 1 aromatic carbocycles. The first-order valence-corrected chi connectivity index (χ1v) is 7.08. The van der Waals surface area contributed by atoms with E-state index in [4.69, 9.17) is 21.1 Å². The predicted molar refractivity (Wildman–Crippen MR) is 78.6 cm³/mol. The summed E-state index contributed by atoms with van der Waals surface area (Å²) in [5.74, 6) is 0.618. The topological polar surface area (TPSA) is 50.8 Å². The van der Waals surface area contributed by atoms with Gasteiger partial charge >= 0.3 is 6.03 Å². The van der Waals surface area contributed by atoms with Crippen molar-refractivity contribution in [3.63, 3.8) is 0 Å². The van der Waals surface area contributed by atoms with Crippen molar-refractivity contribution in [3.8, 4) is 5.75 Å². The highest BCUT2D eigenvalue weighted by atomic mass is 35.5. The zero-order valence-corrected chi connectivity index (χ0v) is 12.4. The number of carbonyl (C=O) groups is 1. The molecule has 20 heavy (non-hydrogen) atoms. The van der Waals surface area contributed by atoms with Gasteiger partial charge in [-0.25, -0.2) is 4.79 Å². The number of ether oxygens (including phenoxy) is 2. The molecule has 110 valence electrons. The average molecular weight is 299 g/mol. The van der Waals surface area contributed by atoms with Gasteiger partial charge in [-0.1, -0.05) is 11.6 Å². The van der Waals surface area contributed by atoms with Crippen molar-refractivity contribution in [2.24, 2.45) is 0 Å². The number of hydrogen-bond acceptors (Lipinski definition) is 3. The maximum absolute atomic E-state index is 12.1. The second kappa shape index (κ2) is 6.81. The van der Waals surface area contributed by atoms with E-state index in [1.165, 1.54) is 0 Å². The quantitative estimate of drug-likeness (QED) is 0.933. The Labute approximate surface area is 123 Å². The standard InChI is InChI=1S/C14H19ClN2O3/c1-3-19-13-5-4-11(8-12(13)15)16-14(18)17-6-7-20-10(2)9-17/h4-5,8,10H,3,6-7,9H2,1-2H3,(H,16,18). The van der Waals surface area contributed by atoms with Crippen molar-refractivity contribution in [1.82, 2.24) is 4.90 Å². The number of benzene rings is 1. The minimum Gasteiger partial charge on any atom is -0.492 e. The second-order valence-corrected chi connectivity index (χ2v) is 5.04. The van der Waals surface area contributed by atoms with E-state index >= 15 is 0 Å². The molecule has 0 aromatic heterocycles. The summed E-state index contributed by atoms with van der Waals surface area (Å²) >= 11 is 6.09. The first-order valence-electron chi connectivity index (χ1n) is 6.70. The molecular weight excluding hydrogens is 280 g/mol. The lowest BCUT2D eigenvalue weighted by molar-refractivity contribution is -0.00138. The number of halogens is 1. The fraction of sp³-hybridized carbons (Fsp3) is 0.500. The Morgan fingerprint density at radius 1 is 1.60 bits per heavy atom. The molecule has 6 heteroatoms. The fourth-order valence-corrected chi connectivity index (χ4v) is 2.29. The molecule has 1 aliphatic rings. The molecule has 1 heterocycles. The van der Waals surface area contributed by atoms with Gasteiger partial charge in [0.2, 0.25) is 0 Å². The van der Waals surface area contributed by atoms with Crippen LogP contribution >= 0.6 is 11.6 Å². The number of morpholine rings is 1. The summed E-state index contributed by atoms with van der Waals surface area (Å²) in [6.45, 7) is 6.16. The third-order valence-electron chi connectivity index (χ3n) is 3.01. The molecule has 0 saturated carbocycles. The van der Waals surface area contributed by atoms with E-state index in [1.54, 1.807) is 23.1 Å². The summed E-state index contributed by atoms with van der Waals surface area (Å²) in [6.07, 6.45) is 0.0680. The second-order valence-electron chi connectivity index (χ2n) is 4.64. The molecule has 0 bridgehead atoms. The maximum Gasteiger partial charge on any atom is 0.322 e. The van der Waals surface area contributed by atoms with E-state index in [0.717, 1.165) is 0 Å². The first-order chi connectivity index (χ1) is 9.60. The lowest BCUT2D eigenvalue weighted by Crippen LogP contribution is -2.46. The molecular formula is C14H19ClN2O3. The van der Waals surface area contributed by atoms with Gasteiger partial charge in [0.05, 0.1) is 24.3 Å². The molecule has 1 fully saturated rings. The van der Waals surface area contributed by atoms with Crippen molar-refractivity contribution in [1.29, 1.82) is 0 Å². The van der Waals surface area contributed by atoms with Gasteiger partial charge in [0.15, 0.2) is 0 Å². The van der Waals surface area contributed by atoms with Gasteiger partial charge in [0.25, 0.3) is 0 Å². The van der Waals surface area contributed by atoms with E-state index in [-0.39, 0.29) is 12.1 Å². The van der Waals surface area contributed by atoms with Crippen LogP contribution in [0.5, 0.6) is 5.75 Å². The molecule has 1 N–H and O–H groups in total. The number of anilines is 1. The molecule has 2 amide bonds. The Morgan fingerprint density at radius 2 is 2.40 bits per heavy atom. The number of urea groups is 1. The molecule has 1 atom stereocenters.